The lowest BCUT2D eigenvalue weighted by Crippen LogP contribution is -2.46. The van der Waals surface area contributed by atoms with E-state index < -0.39 is 4.92 Å². The molecule has 2 aliphatic rings. The molecule has 1 aromatic rings. The number of nitrogens with zero attached hydrogens (tertiary/aromatic N) is 3. The molecule has 0 spiro atoms. The molecule has 0 aromatic heterocycles. The molecule has 7 nitrogen and oxygen atoms in total. The number of nitriles is 1. The summed E-state index contributed by atoms with van der Waals surface area (Å²) in [7, 11) is 0. The summed E-state index contributed by atoms with van der Waals surface area (Å²) < 4.78 is 0. The Balaban J connectivity index is 2.07. The van der Waals surface area contributed by atoms with Crippen LogP contribution in [-0.2, 0) is 0 Å². The van der Waals surface area contributed by atoms with Gasteiger partial charge < -0.3 is 10.4 Å². The van der Waals surface area contributed by atoms with Crippen molar-refractivity contribution in [2.75, 3.05) is 26.2 Å². The summed E-state index contributed by atoms with van der Waals surface area (Å²) in [5, 5.41) is 34.4. The highest BCUT2D eigenvalue weighted by Crippen LogP contribution is 2.45. The molecule has 2 fully saturated rings. The van der Waals surface area contributed by atoms with Gasteiger partial charge in [0.25, 0.3) is 0 Å². The molecule has 0 bridgehead atoms. The Morgan fingerprint density at radius 1 is 1.33 bits per heavy atom. The van der Waals surface area contributed by atoms with E-state index in [2.05, 4.69) is 10.2 Å². The first-order valence-electron chi connectivity index (χ1n) is 8.48. The molecule has 1 aromatic carbocycles. The Morgan fingerprint density at radius 2 is 2.00 bits per heavy atom. The van der Waals surface area contributed by atoms with E-state index in [1.165, 1.54) is 0 Å². The number of hydrogen-bond donors (Lipinski definition) is 2. The molecule has 3 rings (SSSR count). The van der Waals surface area contributed by atoms with E-state index in [0.29, 0.717) is 11.5 Å². The third-order valence-electron chi connectivity index (χ3n) is 5.16. The van der Waals surface area contributed by atoms with Gasteiger partial charge in [0.05, 0.1) is 16.6 Å². The van der Waals surface area contributed by atoms with Crippen molar-refractivity contribution in [2.24, 2.45) is 5.92 Å². The number of benzene rings is 1. The largest absolute Gasteiger partial charge is 0.502 e. The number of phenols is 1. The van der Waals surface area contributed by atoms with Crippen molar-refractivity contribution >= 4 is 5.69 Å². The molecule has 1 saturated heterocycles. The van der Waals surface area contributed by atoms with Crippen LogP contribution in [0.4, 0.5) is 5.69 Å². The third kappa shape index (κ3) is 3.21. The fourth-order valence-electron chi connectivity index (χ4n) is 4.05. The van der Waals surface area contributed by atoms with Gasteiger partial charge in [0.15, 0.2) is 5.75 Å². The SMILES string of the molecule is N#Cc1cc([C@H](C2CCCC2)N2CCNCC2)c(O)c([N+](=O)[O-])c1. The number of nitrogens with one attached hydrogen (secondary N) is 1. The minimum absolute atomic E-state index is 0.0680. The summed E-state index contributed by atoms with van der Waals surface area (Å²) in [4.78, 5) is 13.0. The summed E-state index contributed by atoms with van der Waals surface area (Å²) in [6.45, 7) is 3.41. The molecular weight excluding hydrogens is 308 g/mol. The number of nitro groups is 1. The van der Waals surface area contributed by atoms with Crippen LogP contribution < -0.4 is 5.32 Å². The van der Waals surface area contributed by atoms with Gasteiger partial charge in [-0.15, -0.1) is 0 Å². The van der Waals surface area contributed by atoms with Gasteiger partial charge >= 0.3 is 5.69 Å². The van der Waals surface area contributed by atoms with Gasteiger partial charge in [-0.25, -0.2) is 0 Å². The molecule has 1 atom stereocenters. The van der Waals surface area contributed by atoms with Gasteiger partial charge in [-0.2, -0.15) is 5.26 Å². The summed E-state index contributed by atoms with van der Waals surface area (Å²) in [6.07, 6.45) is 4.40. The van der Waals surface area contributed by atoms with Gasteiger partial charge in [0.1, 0.15) is 0 Å². The average molecular weight is 330 g/mol. The van der Waals surface area contributed by atoms with E-state index in [9.17, 15) is 20.5 Å². The number of phenolic OH excluding ortho intramolecular Hbond substituents is 1. The number of aromatic hydroxyl groups is 1. The Labute approximate surface area is 141 Å². The van der Waals surface area contributed by atoms with Crippen molar-refractivity contribution in [2.45, 2.75) is 31.7 Å². The van der Waals surface area contributed by atoms with Crippen molar-refractivity contribution in [3.63, 3.8) is 0 Å². The lowest BCUT2D eigenvalue weighted by molar-refractivity contribution is -0.386. The van der Waals surface area contributed by atoms with Gasteiger partial charge in [-0.1, -0.05) is 12.8 Å². The molecular formula is C17H22N4O3. The lowest BCUT2D eigenvalue weighted by atomic mass is 9.88. The normalized spacial score (nSPS) is 20.6. The predicted octanol–water partition coefficient (Wildman–Crippen LogP) is 2.31. The molecule has 24 heavy (non-hydrogen) atoms. The highest BCUT2D eigenvalue weighted by atomic mass is 16.6. The van der Waals surface area contributed by atoms with Crippen LogP contribution in [0.5, 0.6) is 5.75 Å². The predicted molar refractivity (Wildman–Crippen MR) is 88.6 cm³/mol. The number of rotatable bonds is 4. The molecule has 0 amide bonds. The zero-order valence-electron chi connectivity index (χ0n) is 13.6. The molecule has 1 saturated carbocycles. The van der Waals surface area contributed by atoms with Crippen LogP contribution in [-0.4, -0.2) is 41.1 Å². The Morgan fingerprint density at radius 3 is 2.58 bits per heavy atom. The van der Waals surface area contributed by atoms with Crippen LogP contribution in [0.2, 0.25) is 0 Å². The molecule has 128 valence electrons. The monoisotopic (exact) mass is 330 g/mol. The summed E-state index contributed by atoms with van der Waals surface area (Å²) >= 11 is 0. The van der Waals surface area contributed by atoms with Crippen LogP contribution >= 0.6 is 0 Å². The van der Waals surface area contributed by atoms with Crippen LogP contribution in [0.25, 0.3) is 0 Å². The smallest absolute Gasteiger partial charge is 0.312 e. The van der Waals surface area contributed by atoms with Crippen molar-refractivity contribution in [3.05, 3.63) is 33.4 Å². The highest BCUT2D eigenvalue weighted by molar-refractivity contribution is 5.57. The van der Waals surface area contributed by atoms with Gasteiger partial charge in [0.2, 0.25) is 0 Å². The second-order valence-corrected chi connectivity index (χ2v) is 6.58. The van der Waals surface area contributed by atoms with E-state index in [0.717, 1.165) is 57.9 Å². The topological polar surface area (TPSA) is 102 Å². The van der Waals surface area contributed by atoms with E-state index in [1.54, 1.807) is 6.07 Å². The molecule has 1 heterocycles. The van der Waals surface area contributed by atoms with Crippen molar-refractivity contribution in [1.29, 1.82) is 5.26 Å². The summed E-state index contributed by atoms with van der Waals surface area (Å²) in [5.74, 6) is 0.0805. The third-order valence-corrected chi connectivity index (χ3v) is 5.16. The first kappa shape index (κ1) is 16.7. The lowest BCUT2D eigenvalue weighted by Gasteiger charge is -2.38. The maximum atomic E-state index is 11.3. The average Bonchev–Trinajstić information content (AvgIpc) is 3.11. The van der Waals surface area contributed by atoms with Crippen LogP contribution in [0.1, 0.15) is 42.9 Å². The summed E-state index contributed by atoms with van der Waals surface area (Å²) in [5.41, 5.74) is 0.393. The molecule has 2 N–H and O–H groups in total. The van der Waals surface area contributed by atoms with Gasteiger partial charge in [-0.3, -0.25) is 15.0 Å². The minimum atomic E-state index is -0.608. The maximum absolute atomic E-state index is 11.3. The molecule has 7 heteroatoms. The molecule has 1 aliphatic carbocycles. The first-order valence-corrected chi connectivity index (χ1v) is 8.48. The number of nitro benzene ring substituents is 1. The Bertz CT molecular complexity index is 659. The number of hydrogen-bond acceptors (Lipinski definition) is 6. The fraction of sp³-hybridized carbons (Fsp3) is 0.588. The molecule has 1 aliphatic heterocycles. The first-order chi connectivity index (χ1) is 11.6. The summed E-state index contributed by atoms with van der Waals surface area (Å²) in [6, 6.07) is 4.71. The molecule has 0 radical (unpaired) electrons. The van der Waals surface area contributed by atoms with Crippen molar-refractivity contribution in [1.82, 2.24) is 10.2 Å². The second kappa shape index (κ2) is 7.16. The highest BCUT2D eigenvalue weighted by Gasteiger charge is 2.35. The Hall–Kier alpha value is -2.17. The fourth-order valence-corrected chi connectivity index (χ4v) is 4.05. The Kier molecular flexibility index (Phi) is 4.97. The van der Waals surface area contributed by atoms with Crippen molar-refractivity contribution in [3.8, 4) is 11.8 Å². The minimum Gasteiger partial charge on any atom is -0.502 e. The maximum Gasteiger partial charge on any atom is 0.312 e. The second-order valence-electron chi connectivity index (χ2n) is 6.58. The zero-order valence-corrected chi connectivity index (χ0v) is 13.6. The van der Waals surface area contributed by atoms with Crippen molar-refractivity contribution < 1.29 is 10.0 Å². The number of piperazine rings is 1. The van der Waals surface area contributed by atoms with E-state index >= 15 is 0 Å². The zero-order chi connectivity index (χ0) is 17.1. The van der Waals surface area contributed by atoms with Gasteiger partial charge in [-0.05, 0) is 24.8 Å². The van der Waals surface area contributed by atoms with Crippen LogP contribution in [0.15, 0.2) is 12.1 Å². The van der Waals surface area contributed by atoms with Crippen LogP contribution in [0.3, 0.4) is 0 Å². The van der Waals surface area contributed by atoms with E-state index in [4.69, 9.17) is 0 Å². The standard InChI is InChI=1S/C17H22N4O3/c18-11-12-9-14(17(22)15(10-12)21(23)24)16(13-3-1-2-4-13)20-7-5-19-6-8-20/h9-10,13,16,19,22H,1-8H2/t16-/m0/s1. The van der Waals surface area contributed by atoms with Gasteiger partial charge in [0, 0.05) is 43.9 Å². The van der Waals surface area contributed by atoms with E-state index in [1.807, 2.05) is 6.07 Å². The van der Waals surface area contributed by atoms with E-state index in [-0.39, 0.29) is 23.0 Å². The quantitative estimate of drug-likeness (QED) is 0.649. The molecule has 0 unspecified atom stereocenters. The van der Waals surface area contributed by atoms with Crippen LogP contribution in [0, 0.1) is 27.4 Å².